The molecule has 3 rings (SSSR count). The van der Waals surface area contributed by atoms with Crippen molar-refractivity contribution in [2.24, 2.45) is 5.92 Å². The zero-order chi connectivity index (χ0) is 14.7. The van der Waals surface area contributed by atoms with E-state index in [9.17, 15) is 5.26 Å². The molecule has 2 unspecified atom stereocenters. The van der Waals surface area contributed by atoms with E-state index in [1.807, 2.05) is 30.3 Å². The van der Waals surface area contributed by atoms with Crippen molar-refractivity contribution in [2.75, 3.05) is 13.7 Å². The van der Waals surface area contributed by atoms with Crippen molar-refractivity contribution in [2.45, 2.75) is 12.6 Å². The van der Waals surface area contributed by atoms with Crippen LogP contribution in [0.4, 0.5) is 0 Å². The Morgan fingerprint density at radius 3 is 2.48 bits per heavy atom. The summed E-state index contributed by atoms with van der Waals surface area (Å²) in [7, 11) is 1.67. The Hall–Kier alpha value is -2.31. The average Bonchev–Trinajstić information content (AvgIpc) is 2.52. The van der Waals surface area contributed by atoms with E-state index >= 15 is 0 Å². The summed E-state index contributed by atoms with van der Waals surface area (Å²) in [5.74, 6) is 0.961. The molecule has 1 fully saturated rings. The van der Waals surface area contributed by atoms with Gasteiger partial charge in [-0.2, -0.15) is 5.26 Å². The van der Waals surface area contributed by atoms with Gasteiger partial charge in [0.1, 0.15) is 5.75 Å². The molecule has 1 saturated heterocycles. The molecule has 1 heterocycles. The molecule has 0 spiro atoms. The first-order valence-electron chi connectivity index (χ1n) is 7.13. The van der Waals surface area contributed by atoms with Gasteiger partial charge in [0.05, 0.1) is 25.1 Å². The van der Waals surface area contributed by atoms with Gasteiger partial charge in [0.15, 0.2) is 0 Å². The fraction of sp³-hybridized carbons (Fsp3) is 0.278. The van der Waals surface area contributed by atoms with Crippen molar-refractivity contribution in [3.05, 3.63) is 65.7 Å². The van der Waals surface area contributed by atoms with Crippen LogP contribution in [0.1, 0.15) is 17.2 Å². The summed E-state index contributed by atoms with van der Waals surface area (Å²) in [5, 5.41) is 9.28. The lowest BCUT2D eigenvalue weighted by atomic mass is 9.84. The summed E-state index contributed by atoms with van der Waals surface area (Å²) in [6.45, 7) is 1.70. The molecule has 3 heteroatoms. The van der Waals surface area contributed by atoms with E-state index in [1.54, 1.807) is 7.11 Å². The maximum atomic E-state index is 9.28. The number of ether oxygens (including phenoxy) is 1. The molecule has 106 valence electrons. The van der Waals surface area contributed by atoms with Crippen LogP contribution in [-0.4, -0.2) is 18.6 Å². The topological polar surface area (TPSA) is 36.3 Å². The Kier molecular flexibility index (Phi) is 3.89. The summed E-state index contributed by atoms with van der Waals surface area (Å²) in [6, 6.07) is 21.1. The van der Waals surface area contributed by atoms with Gasteiger partial charge in [-0.1, -0.05) is 42.5 Å². The van der Waals surface area contributed by atoms with Crippen LogP contribution < -0.4 is 4.74 Å². The first kappa shape index (κ1) is 13.7. The van der Waals surface area contributed by atoms with Gasteiger partial charge in [0.25, 0.3) is 0 Å². The maximum Gasteiger partial charge on any atom is 0.118 e. The van der Waals surface area contributed by atoms with E-state index in [-0.39, 0.29) is 12.0 Å². The summed E-state index contributed by atoms with van der Waals surface area (Å²) in [5.41, 5.74) is 2.47. The molecule has 0 aromatic heterocycles. The third-order valence-corrected chi connectivity index (χ3v) is 4.06. The molecule has 2 aromatic carbocycles. The van der Waals surface area contributed by atoms with Crippen LogP contribution in [0.3, 0.4) is 0 Å². The van der Waals surface area contributed by atoms with Crippen LogP contribution in [0.2, 0.25) is 0 Å². The van der Waals surface area contributed by atoms with Gasteiger partial charge in [0, 0.05) is 13.1 Å². The van der Waals surface area contributed by atoms with Crippen molar-refractivity contribution in [1.82, 2.24) is 4.90 Å². The van der Waals surface area contributed by atoms with Crippen LogP contribution in [0, 0.1) is 17.2 Å². The van der Waals surface area contributed by atoms with Crippen molar-refractivity contribution in [3.8, 4) is 11.8 Å². The zero-order valence-corrected chi connectivity index (χ0v) is 12.1. The van der Waals surface area contributed by atoms with Crippen molar-refractivity contribution in [3.63, 3.8) is 0 Å². The molecule has 0 saturated carbocycles. The molecule has 1 aliphatic heterocycles. The van der Waals surface area contributed by atoms with Gasteiger partial charge in [-0.25, -0.2) is 0 Å². The fourth-order valence-electron chi connectivity index (χ4n) is 2.92. The van der Waals surface area contributed by atoms with Crippen LogP contribution in [0.5, 0.6) is 5.75 Å². The Balaban J connectivity index is 1.74. The Morgan fingerprint density at radius 2 is 1.86 bits per heavy atom. The molecular weight excluding hydrogens is 260 g/mol. The summed E-state index contributed by atoms with van der Waals surface area (Å²) < 4.78 is 5.18. The highest BCUT2D eigenvalue weighted by molar-refractivity contribution is 5.29. The van der Waals surface area contributed by atoms with E-state index in [4.69, 9.17) is 4.74 Å². The lowest BCUT2D eigenvalue weighted by Gasteiger charge is -2.45. The number of nitriles is 1. The van der Waals surface area contributed by atoms with Crippen molar-refractivity contribution in [1.29, 1.82) is 5.26 Å². The second-order valence-electron chi connectivity index (χ2n) is 5.37. The van der Waals surface area contributed by atoms with Gasteiger partial charge in [0.2, 0.25) is 0 Å². The van der Waals surface area contributed by atoms with Crippen LogP contribution in [-0.2, 0) is 6.54 Å². The summed E-state index contributed by atoms with van der Waals surface area (Å²) in [4.78, 5) is 2.35. The molecule has 0 radical (unpaired) electrons. The molecule has 21 heavy (non-hydrogen) atoms. The molecule has 2 atom stereocenters. The van der Waals surface area contributed by atoms with E-state index in [0.717, 1.165) is 18.8 Å². The normalized spacial score (nSPS) is 21.3. The molecule has 0 bridgehead atoms. The van der Waals surface area contributed by atoms with E-state index in [0.29, 0.717) is 0 Å². The standard InChI is InChI=1S/C18H18N2O/c1-21-17-9-7-14(8-10-17)12-20-13-16(11-19)18(20)15-5-3-2-4-6-15/h2-10,16,18H,12-13H2,1H3. The fourth-order valence-corrected chi connectivity index (χ4v) is 2.92. The largest absolute Gasteiger partial charge is 0.497 e. The van der Waals surface area contributed by atoms with Crippen LogP contribution >= 0.6 is 0 Å². The molecule has 0 amide bonds. The first-order valence-corrected chi connectivity index (χ1v) is 7.13. The third kappa shape index (κ3) is 2.76. The Bertz CT molecular complexity index is 631. The molecule has 1 aliphatic rings. The average molecular weight is 278 g/mol. The zero-order valence-electron chi connectivity index (χ0n) is 12.1. The maximum absolute atomic E-state index is 9.28. The number of methoxy groups -OCH3 is 1. The van der Waals surface area contributed by atoms with Gasteiger partial charge in [-0.3, -0.25) is 4.90 Å². The van der Waals surface area contributed by atoms with Crippen LogP contribution in [0.15, 0.2) is 54.6 Å². The first-order chi connectivity index (χ1) is 10.3. The molecule has 0 N–H and O–H groups in total. The Labute approximate surface area is 125 Å². The predicted molar refractivity (Wildman–Crippen MR) is 81.7 cm³/mol. The molecule has 0 aliphatic carbocycles. The van der Waals surface area contributed by atoms with E-state index in [2.05, 4.69) is 35.2 Å². The minimum Gasteiger partial charge on any atom is -0.497 e. The van der Waals surface area contributed by atoms with Gasteiger partial charge >= 0.3 is 0 Å². The SMILES string of the molecule is COc1ccc(CN2CC(C#N)C2c2ccccc2)cc1. The van der Waals surface area contributed by atoms with Crippen molar-refractivity contribution < 1.29 is 4.74 Å². The number of benzene rings is 2. The highest BCUT2D eigenvalue weighted by atomic mass is 16.5. The smallest absolute Gasteiger partial charge is 0.118 e. The third-order valence-electron chi connectivity index (χ3n) is 4.06. The van der Waals surface area contributed by atoms with Gasteiger partial charge in [-0.15, -0.1) is 0 Å². The highest BCUT2D eigenvalue weighted by Crippen LogP contribution is 2.39. The number of nitrogens with zero attached hydrogens (tertiary/aromatic N) is 2. The summed E-state index contributed by atoms with van der Waals surface area (Å²) >= 11 is 0. The summed E-state index contributed by atoms with van der Waals surface area (Å²) in [6.07, 6.45) is 0. The molecule has 3 nitrogen and oxygen atoms in total. The van der Waals surface area contributed by atoms with Gasteiger partial charge < -0.3 is 4.74 Å². The lowest BCUT2D eigenvalue weighted by Crippen LogP contribution is -2.48. The second-order valence-corrected chi connectivity index (χ2v) is 5.37. The highest BCUT2D eigenvalue weighted by Gasteiger charge is 2.39. The van der Waals surface area contributed by atoms with Crippen LogP contribution in [0.25, 0.3) is 0 Å². The monoisotopic (exact) mass is 278 g/mol. The predicted octanol–water partition coefficient (Wildman–Crippen LogP) is 3.39. The molecular formula is C18H18N2O. The minimum absolute atomic E-state index is 0.0886. The lowest BCUT2D eigenvalue weighted by molar-refractivity contribution is 0.0367. The number of hydrogen-bond acceptors (Lipinski definition) is 3. The van der Waals surface area contributed by atoms with Crippen molar-refractivity contribution >= 4 is 0 Å². The number of hydrogen-bond donors (Lipinski definition) is 0. The minimum atomic E-state index is 0.0886. The Morgan fingerprint density at radius 1 is 1.14 bits per heavy atom. The van der Waals surface area contributed by atoms with E-state index in [1.165, 1.54) is 11.1 Å². The number of rotatable bonds is 4. The second kappa shape index (κ2) is 5.99. The molecule has 2 aromatic rings. The van der Waals surface area contributed by atoms with Gasteiger partial charge in [-0.05, 0) is 23.3 Å². The quantitative estimate of drug-likeness (QED) is 0.860. The number of likely N-dealkylation sites (tertiary alicyclic amines) is 1. The van der Waals surface area contributed by atoms with E-state index < -0.39 is 0 Å².